The van der Waals surface area contributed by atoms with Crippen LogP contribution in [-0.2, 0) is 4.79 Å². The van der Waals surface area contributed by atoms with E-state index in [2.05, 4.69) is 15.1 Å². The minimum Gasteiger partial charge on any atom is -0.301 e. The maximum absolute atomic E-state index is 12.7. The maximum atomic E-state index is 12.7. The fraction of sp³-hybridized carbons (Fsp3) is 0.389. The molecule has 1 N–H and O–H groups in total. The molecule has 1 aliphatic rings. The van der Waals surface area contributed by atoms with E-state index in [1.807, 2.05) is 17.5 Å². The molecule has 0 aliphatic heterocycles. The van der Waals surface area contributed by atoms with E-state index < -0.39 is 0 Å². The Morgan fingerprint density at radius 1 is 1.35 bits per heavy atom. The molecule has 118 valence electrons. The standard InChI is InChI=1S/C18H19N3OS/c1-19-15-8-6-14(7-9-15)16(12-13-4-2-3-5-13)17(22)21-18-20-10-11-23-18/h6-11,13,16H,2-5,12H2,(H,20,21,22). The van der Waals surface area contributed by atoms with Gasteiger partial charge in [0.15, 0.2) is 10.8 Å². The van der Waals surface area contributed by atoms with Gasteiger partial charge in [-0.05, 0) is 17.9 Å². The summed E-state index contributed by atoms with van der Waals surface area (Å²) >= 11 is 1.43. The van der Waals surface area contributed by atoms with Crippen molar-refractivity contribution in [2.24, 2.45) is 5.92 Å². The Morgan fingerprint density at radius 3 is 2.70 bits per heavy atom. The molecule has 1 aliphatic carbocycles. The van der Waals surface area contributed by atoms with Gasteiger partial charge in [0.1, 0.15) is 0 Å². The molecule has 0 saturated heterocycles. The molecular formula is C18H19N3OS. The molecule has 1 saturated carbocycles. The zero-order chi connectivity index (χ0) is 16.1. The van der Waals surface area contributed by atoms with Crippen LogP contribution in [0.4, 0.5) is 10.8 Å². The molecule has 0 radical (unpaired) electrons. The lowest BCUT2D eigenvalue weighted by molar-refractivity contribution is -0.118. The number of amides is 1. The average Bonchev–Trinajstić information content (AvgIpc) is 3.26. The highest BCUT2D eigenvalue weighted by Crippen LogP contribution is 2.35. The third-order valence-electron chi connectivity index (χ3n) is 4.45. The second kappa shape index (κ2) is 7.38. The molecule has 5 heteroatoms. The van der Waals surface area contributed by atoms with Crippen molar-refractivity contribution in [2.75, 3.05) is 5.32 Å². The Kier molecular flexibility index (Phi) is 5.04. The van der Waals surface area contributed by atoms with E-state index in [-0.39, 0.29) is 11.8 Å². The van der Waals surface area contributed by atoms with E-state index >= 15 is 0 Å². The first-order valence-corrected chi connectivity index (χ1v) is 8.82. The molecule has 4 nitrogen and oxygen atoms in total. The van der Waals surface area contributed by atoms with Gasteiger partial charge in [0, 0.05) is 11.6 Å². The average molecular weight is 325 g/mol. The number of thiazole rings is 1. The Hall–Kier alpha value is -2.19. The van der Waals surface area contributed by atoms with Crippen molar-refractivity contribution in [2.45, 2.75) is 38.0 Å². The van der Waals surface area contributed by atoms with Crippen LogP contribution >= 0.6 is 11.3 Å². The van der Waals surface area contributed by atoms with E-state index in [1.165, 1.54) is 37.0 Å². The van der Waals surface area contributed by atoms with Crippen LogP contribution in [0.5, 0.6) is 0 Å². The van der Waals surface area contributed by atoms with Crippen LogP contribution in [0.2, 0.25) is 0 Å². The summed E-state index contributed by atoms with van der Waals surface area (Å²) < 4.78 is 0. The first-order valence-electron chi connectivity index (χ1n) is 7.94. The van der Waals surface area contributed by atoms with Crippen molar-refractivity contribution in [1.82, 2.24) is 4.98 Å². The molecule has 1 atom stereocenters. The van der Waals surface area contributed by atoms with Gasteiger partial charge in [-0.25, -0.2) is 9.83 Å². The summed E-state index contributed by atoms with van der Waals surface area (Å²) in [7, 11) is 0. The zero-order valence-electron chi connectivity index (χ0n) is 12.9. The van der Waals surface area contributed by atoms with E-state index in [0.717, 1.165) is 12.0 Å². The number of carbonyl (C=O) groups is 1. The van der Waals surface area contributed by atoms with E-state index in [4.69, 9.17) is 6.57 Å². The number of nitrogens with zero attached hydrogens (tertiary/aromatic N) is 2. The molecule has 1 aromatic carbocycles. The Balaban J connectivity index is 1.79. The number of hydrogen-bond acceptors (Lipinski definition) is 3. The molecule has 1 unspecified atom stereocenters. The van der Waals surface area contributed by atoms with Gasteiger partial charge < -0.3 is 5.32 Å². The lowest BCUT2D eigenvalue weighted by atomic mass is 9.87. The first-order chi connectivity index (χ1) is 11.3. The van der Waals surface area contributed by atoms with Crippen LogP contribution in [0.25, 0.3) is 4.85 Å². The van der Waals surface area contributed by atoms with Crippen molar-refractivity contribution in [3.63, 3.8) is 0 Å². The largest absolute Gasteiger partial charge is 0.301 e. The zero-order valence-corrected chi connectivity index (χ0v) is 13.7. The number of aromatic nitrogens is 1. The van der Waals surface area contributed by atoms with E-state index in [9.17, 15) is 4.79 Å². The third kappa shape index (κ3) is 3.96. The van der Waals surface area contributed by atoms with Gasteiger partial charge in [-0.1, -0.05) is 49.9 Å². The number of nitrogens with one attached hydrogen (secondary N) is 1. The summed E-state index contributed by atoms with van der Waals surface area (Å²) in [6, 6.07) is 7.41. The van der Waals surface area contributed by atoms with Gasteiger partial charge in [-0.3, -0.25) is 4.79 Å². The van der Waals surface area contributed by atoms with Gasteiger partial charge in [-0.15, -0.1) is 11.3 Å². The minimum atomic E-state index is -0.179. The minimum absolute atomic E-state index is 0.00223. The second-order valence-corrected chi connectivity index (χ2v) is 6.86. The van der Waals surface area contributed by atoms with E-state index in [0.29, 0.717) is 16.7 Å². The van der Waals surface area contributed by atoms with Crippen molar-refractivity contribution >= 4 is 28.1 Å². The van der Waals surface area contributed by atoms with Crippen molar-refractivity contribution in [3.05, 3.63) is 52.8 Å². The number of rotatable bonds is 5. The summed E-state index contributed by atoms with van der Waals surface area (Å²) in [6.07, 6.45) is 7.51. The molecule has 1 aromatic heterocycles. The molecule has 1 heterocycles. The molecule has 2 aromatic rings. The Bertz CT molecular complexity index is 682. The van der Waals surface area contributed by atoms with Crippen LogP contribution in [0.1, 0.15) is 43.6 Å². The topological polar surface area (TPSA) is 46.4 Å². The van der Waals surface area contributed by atoms with E-state index in [1.54, 1.807) is 18.3 Å². The summed E-state index contributed by atoms with van der Waals surface area (Å²) in [5, 5.41) is 5.43. The summed E-state index contributed by atoms with van der Waals surface area (Å²) in [5.74, 6) is 0.437. The van der Waals surface area contributed by atoms with Gasteiger partial charge >= 0.3 is 0 Å². The fourth-order valence-electron chi connectivity index (χ4n) is 3.23. The van der Waals surface area contributed by atoms with Gasteiger partial charge in [0.2, 0.25) is 5.91 Å². The number of carbonyl (C=O) groups excluding carboxylic acids is 1. The molecule has 1 fully saturated rings. The van der Waals surface area contributed by atoms with Crippen LogP contribution in [0, 0.1) is 12.5 Å². The first kappa shape index (κ1) is 15.7. The van der Waals surface area contributed by atoms with Crippen molar-refractivity contribution in [3.8, 4) is 0 Å². The molecule has 0 bridgehead atoms. The quantitative estimate of drug-likeness (QED) is 0.787. The van der Waals surface area contributed by atoms with Gasteiger partial charge in [0.05, 0.1) is 12.5 Å². The Labute approximate surface area is 140 Å². The Morgan fingerprint density at radius 2 is 2.09 bits per heavy atom. The van der Waals surface area contributed by atoms with Gasteiger partial charge in [0.25, 0.3) is 0 Å². The molecule has 23 heavy (non-hydrogen) atoms. The predicted molar refractivity (Wildman–Crippen MR) is 92.8 cm³/mol. The highest BCUT2D eigenvalue weighted by atomic mass is 32.1. The monoisotopic (exact) mass is 325 g/mol. The number of hydrogen-bond donors (Lipinski definition) is 1. The smallest absolute Gasteiger partial charge is 0.233 e. The fourth-order valence-corrected chi connectivity index (χ4v) is 3.76. The summed E-state index contributed by atoms with van der Waals surface area (Å²) in [4.78, 5) is 20.3. The van der Waals surface area contributed by atoms with Crippen molar-refractivity contribution in [1.29, 1.82) is 0 Å². The van der Waals surface area contributed by atoms with Crippen LogP contribution < -0.4 is 5.32 Å². The van der Waals surface area contributed by atoms with Crippen LogP contribution in [-0.4, -0.2) is 10.9 Å². The molecule has 1 amide bonds. The van der Waals surface area contributed by atoms with Crippen LogP contribution in [0.3, 0.4) is 0 Å². The normalized spacial score (nSPS) is 16.0. The maximum Gasteiger partial charge on any atom is 0.233 e. The number of benzene rings is 1. The lowest BCUT2D eigenvalue weighted by Crippen LogP contribution is -2.23. The predicted octanol–water partition coefficient (Wildman–Crippen LogP) is 5.00. The summed E-state index contributed by atoms with van der Waals surface area (Å²) in [5.41, 5.74) is 1.59. The van der Waals surface area contributed by atoms with Gasteiger partial charge in [-0.2, -0.15) is 0 Å². The summed E-state index contributed by atoms with van der Waals surface area (Å²) in [6.45, 7) is 7.06. The molecular weight excluding hydrogens is 306 g/mol. The van der Waals surface area contributed by atoms with Crippen molar-refractivity contribution < 1.29 is 4.79 Å². The highest BCUT2D eigenvalue weighted by molar-refractivity contribution is 7.13. The SMILES string of the molecule is [C-]#[N+]c1ccc(C(CC2CCCC2)C(=O)Nc2nccs2)cc1. The highest BCUT2D eigenvalue weighted by Gasteiger charge is 2.27. The molecule has 3 rings (SSSR count). The number of anilines is 1. The second-order valence-electron chi connectivity index (χ2n) is 5.97. The van der Waals surface area contributed by atoms with Crippen LogP contribution in [0.15, 0.2) is 35.8 Å². The lowest BCUT2D eigenvalue weighted by Gasteiger charge is -2.20. The third-order valence-corrected chi connectivity index (χ3v) is 5.14. The molecule has 0 spiro atoms.